The Morgan fingerprint density at radius 3 is 2.40 bits per heavy atom. The number of hydrogen-bond donors (Lipinski definition) is 1. The number of carbonyl (C=O) groups is 1. The van der Waals surface area contributed by atoms with Gasteiger partial charge in [0.1, 0.15) is 0 Å². The summed E-state index contributed by atoms with van der Waals surface area (Å²) in [5.74, 6) is -0.00355. The molecular weight excluding hydrogens is 210 g/mol. The first-order valence-electron chi connectivity index (χ1n) is 4.92. The Kier molecular flexibility index (Phi) is 2.78. The number of carbonyl (C=O) groups excluding carboxylic acids is 1. The van der Waals surface area contributed by atoms with Crippen LogP contribution in [0.25, 0.3) is 5.57 Å². The van der Waals surface area contributed by atoms with E-state index in [1.54, 1.807) is 0 Å². The fourth-order valence-electron chi connectivity index (χ4n) is 1.70. The smallest absolute Gasteiger partial charge is 0.221 e. The van der Waals surface area contributed by atoms with E-state index in [1.807, 2.05) is 24.3 Å². The predicted molar refractivity (Wildman–Crippen MR) is 61.4 cm³/mol. The van der Waals surface area contributed by atoms with Crippen LogP contribution in [0.5, 0.6) is 0 Å². The zero-order valence-electron chi connectivity index (χ0n) is 8.51. The molecule has 0 unspecified atom stereocenters. The van der Waals surface area contributed by atoms with E-state index in [1.165, 1.54) is 12.5 Å². The molecule has 2 rings (SSSR count). The summed E-state index contributed by atoms with van der Waals surface area (Å²) in [5, 5.41) is 3.59. The minimum Gasteiger partial charge on any atom is -0.330 e. The Bertz CT molecular complexity index is 420. The molecule has 0 heterocycles. The van der Waals surface area contributed by atoms with Crippen molar-refractivity contribution in [1.29, 1.82) is 0 Å². The highest BCUT2D eigenvalue weighted by Crippen LogP contribution is 2.34. The lowest BCUT2D eigenvalue weighted by atomic mass is 9.88. The minimum absolute atomic E-state index is 0.00355. The molecule has 0 saturated heterocycles. The number of halogens is 1. The van der Waals surface area contributed by atoms with E-state index in [-0.39, 0.29) is 5.91 Å². The van der Waals surface area contributed by atoms with Gasteiger partial charge in [-0.3, -0.25) is 4.79 Å². The van der Waals surface area contributed by atoms with Crippen LogP contribution in [0.15, 0.2) is 30.0 Å². The number of allylic oxidation sites excluding steroid dienone is 2. The lowest BCUT2D eigenvalue weighted by Crippen LogP contribution is -2.24. The molecule has 0 aromatic heterocycles. The molecule has 1 aromatic carbocycles. The molecule has 15 heavy (non-hydrogen) atoms. The minimum atomic E-state index is -0.00355. The molecule has 0 fully saturated rings. The SMILES string of the molecule is CC(=O)NC1=C(c2ccc(Cl)cc2)CC1. The Balaban J connectivity index is 2.24. The van der Waals surface area contributed by atoms with E-state index in [0.29, 0.717) is 0 Å². The van der Waals surface area contributed by atoms with Crippen LogP contribution in [0.2, 0.25) is 5.02 Å². The molecule has 2 nitrogen and oxygen atoms in total. The van der Waals surface area contributed by atoms with Crippen molar-refractivity contribution in [2.24, 2.45) is 0 Å². The van der Waals surface area contributed by atoms with Gasteiger partial charge in [0.05, 0.1) is 0 Å². The molecule has 1 amide bonds. The van der Waals surface area contributed by atoms with Crippen molar-refractivity contribution in [2.75, 3.05) is 0 Å². The standard InChI is InChI=1S/C12H12ClNO/c1-8(15)14-12-7-6-11(12)9-2-4-10(13)5-3-9/h2-5H,6-7H2,1H3,(H,14,15). The molecule has 1 N–H and O–H groups in total. The van der Waals surface area contributed by atoms with Crippen molar-refractivity contribution in [1.82, 2.24) is 5.32 Å². The van der Waals surface area contributed by atoms with Gasteiger partial charge in [-0.05, 0) is 36.1 Å². The summed E-state index contributed by atoms with van der Waals surface area (Å²) in [6.07, 6.45) is 1.98. The molecule has 0 spiro atoms. The molecule has 3 heteroatoms. The maximum absolute atomic E-state index is 10.9. The Morgan fingerprint density at radius 1 is 1.27 bits per heavy atom. The maximum Gasteiger partial charge on any atom is 0.221 e. The van der Waals surface area contributed by atoms with Gasteiger partial charge in [-0.15, -0.1) is 0 Å². The van der Waals surface area contributed by atoms with Gasteiger partial charge < -0.3 is 5.32 Å². The molecule has 0 aliphatic heterocycles. The van der Waals surface area contributed by atoms with Crippen molar-refractivity contribution < 1.29 is 4.79 Å². The summed E-state index contributed by atoms with van der Waals surface area (Å²) < 4.78 is 0. The molecule has 0 atom stereocenters. The van der Waals surface area contributed by atoms with Gasteiger partial charge in [-0.1, -0.05) is 23.7 Å². The van der Waals surface area contributed by atoms with Gasteiger partial charge in [0, 0.05) is 17.6 Å². The van der Waals surface area contributed by atoms with Crippen LogP contribution >= 0.6 is 11.6 Å². The van der Waals surface area contributed by atoms with Gasteiger partial charge in [0.15, 0.2) is 0 Å². The molecular formula is C12H12ClNO. The number of rotatable bonds is 2. The Morgan fingerprint density at radius 2 is 1.93 bits per heavy atom. The van der Waals surface area contributed by atoms with Crippen LogP contribution in [-0.4, -0.2) is 5.91 Å². The lowest BCUT2D eigenvalue weighted by molar-refractivity contribution is -0.118. The Labute approximate surface area is 93.9 Å². The summed E-state index contributed by atoms with van der Waals surface area (Å²) in [4.78, 5) is 10.9. The first-order chi connectivity index (χ1) is 7.16. The fourth-order valence-corrected chi connectivity index (χ4v) is 1.82. The average Bonchev–Trinajstić information content (AvgIpc) is 2.16. The third kappa shape index (κ3) is 2.21. The van der Waals surface area contributed by atoms with Crippen LogP contribution < -0.4 is 5.32 Å². The highest BCUT2D eigenvalue weighted by molar-refractivity contribution is 6.30. The summed E-state index contributed by atoms with van der Waals surface area (Å²) in [6.45, 7) is 1.53. The van der Waals surface area contributed by atoms with Crippen molar-refractivity contribution in [3.63, 3.8) is 0 Å². The first kappa shape index (κ1) is 10.2. The van der Waals surface area contributed by atoms with Crippen LogP contribution in [0.4, 0.5) is 0 Å². The molecule has 0 saturated carbocycles. The molecule has 1 aliphatic carbocycles. The maximum atomic E-state index is 10.9. The molecule has 0 bridgehead atoms. The highest BCUT2D eigenvalue weighted by atomic mass is 35.5. The normalized spacial score (nSPS) is 14.8. The zero-order chi connectivity index (χ0) is 10.8. The van der Waals surface area contributed by atoms with Gasteiger partial charge in [-0.25, -0.2) is 0 Å². The van der Waals surface area contributed by atoms with E-state index in [9.17, 15) is 4.79 Å². The second-order valence-corrected chi connectivity index (χ2v) is 4.08. The first-order valence-corrected chi connectivity index (χ1v) is 5.30. The number of nitrogens with one attached hydrogen (secondary N) is 1. The largest absolute Gasteiger partial charge is 0.330 e. The van der Waals surface area contributed by atoms with E-state index >= 15 is 0 Å². The van der Waals surface area contributed by atoms with Crippen molar-refractivity contribution >= 4 is 23.1 Å². The number of amides is 1. The van der Waals surface area contributed by atoms with Crippen LogP contribution in [-0.2, 0) is 4.79 Å². The third-order valence-electron chi connectivity index (χ3n) is 2.51. The second kappa shape index (κ2) is 4.07. The molecule has 78 valence electrons. The van der Waals surface area contributed by atoms with Gasteiger partial charge in [0.2, 0.25) is 5.91 Å². The van der Waals surface area contributed by atoms with Crippen LogP contribution in [0, 0.1) is 0 Å². The summed E-state index contributed by atoms with van der Waals surface area (Å²) >= 11 is 5.81. The molecule has 1 aliphatic rings. The van der Waals surface area contributed by atoms with Gasteiger partial charge in [-0.2, -0.15) is 0 Å². The summed E-state index contributed by atoms with van der Waals surface area (Å²) in [5.41, 5.74) is 3.42. The van der Waals surface area contributed by atoms with Crippen molar-refractivity contribution in [2.45, 2.75) is 19.8 Å². The lowest BCUT2D eigenvalue weighted by Gasteiger charge is -2.24. The van der Waals surface area contributed by atoms with E-state index < -0.39 is 0 Å². The number of hydrogen-bond acceptors (Lipinski definition) is 1. The van der Waals surface area contributed by atoms with E-state index in [4.69, 9.17) is 11.6 Å². The monoisotopic (exact) mass is 221 g/mol. The third-order valence-corrected chi connectivity index (χ3v) is 2.76. The fraction of sp³-hybridized carbons (Fsp3) is 0.250. The Hall–Kier alpha value is -1.28. The van der Waals surface area contributed by atoms with Crippen LogP contribution in [0.1, 0.15) is 25.3 Å². The highest BCUT2D eigenvalue weighted by Gasteiger charge is 2.19. The average molecular weight is 222 g/mol. The summed E-state index contributed by atoms with van der Waals surface area (Å²) in [6, 6.07) is 7.71. The van der Waals surface area contributed by atoms with E-state index in [0.717, 1.165) is 29.1 Å². The van der Waals surface area contributed by atoms with Crippen LogP contribution in [0.3, 0.4) is 0 Å². The zero-order valence-corrected chi connectivity index (χ0v) is 9.27. The van der Waals surface area contributed by atoms with Crippen molar-refractivity contribution in [3.8, 4) is 0 Å². The number of benzene rings is 1. The van der Waals surface area contributed by atoms with Gasteiger partial charge in [0.25, 0.3) is 0 Å². The molecule has 1 aromatic rings. The van der Waals surface area contributed by atoms with Gasteiger partial charge >= 0.3 is 0 Å². The predicted octanol–water partition coefficient (Wildman–Crippen LogP) is 2.98. The second-order valence-electron chi connectivity index (χ2n) is 3.65. The van der Waals surface area contributed by atoms with Crippen molar-refractivity contribution in [3.05, 3.63) is 40.5 Å². The topological polar surface area (TPSA) is 29.1 Å². The summed E-state index contributed by atoms with van der Waals surface area (Å²) in [7, 11) is 0. The van der Waals surface area contributed by atoms with E-state index in [2.05, 4.69) is 5.32 Å². The molecule has 0 radical (unpaired) electrons. The quantitative estimate of drug-likeness (QED) is 0.818.